The molecule has 3 N–H and O–H groups in total. The molecule has 0 aromatic heterocycles. The molecule has 0 heterocycles. The first-order chi connectivity index (χ1) is 12.1. The van der Waals surface area contributed by atoms with Crippen molar-refractivity contribution in [3.8, 4) is 0 Å². The summed E-state index contributed by atoms with van der Waals surface area (Å²) in [6, 6.07) is 9.74. The lowest BCUT2D eigenvalue weighted by atomic mass is 10.1. The largest absolute Gasteiger partial charge is 0.478 e. The summed E-state index contributed by atoms with van der Waals surface area (Å²) in [5.41, 5.74) is -0.733. The SMILES string of the molecule is CC(C(=O)O)=C(NS(=O)(=O)c1cccc2c(N(C)C)cccc12)C(=O)O. The maximum absolute atomic E-state index is 12.8. The Bertz CT molecular complexity index is 1020. The molecule has 2 aromatic carbocycles. The Balaban J connectivity index is 2.67. The fourth-order valence-electron chi connectivity index (χ4n) is 2.47. The number of nitrogens with zero attached hydrogens (tertiary/aromatic N) is 1. The van der Waals surface area contributed by atoms with E-state index in [2.05, 4.69) is 0 Å². The van der Waals surface area contributed by atoms with Crippen molar-refractivity contribution in [2.75, 3.05) is 19.0 Å². The third kappa shape index (κ3) is 3.62. The molecule has 26 heavy (non-hydrogen) atoms. The van der Waals surface area contributed by atoms with Crippen LogP contribution < -0.4 is 9.62 Å². The number of rotatable bonds is 6. The zero-order chi connectivity index (χ0) is 19.6. The maximum Gasteiger partial charge on any atom is 0.353 e. The summed E-state index contributed by atoms with van der Waals surface area (Å²) in [4.78, 5) is 24.0. The van der Waals surface area contributed by atoms with Crippen molar-refractivity contribution in [1.29, 1.82) is 0 Å². The highest BCUT2D eigenvalue weighted by atomic mass is 32.2. The van der Waals surface area contributed by atoms with E-state index in [1.54, 1.807) is 18.2 Å². The van der Waals surface area contributed by atoms with E-state index in [1.807, 2.05) is 29.8 Å². The number of benzene rings is 2. The molecule has 0 atom stereocenters. The molecule has 8 nitrogen and oxygen atoms in total. The van der Waals surface area contributed by atoms with Crippen LogP contribution in [0.25, 0.3) is 10.8 Å². The van der Waals surface area contributed by atoms with Gasteiger partial charge in [0.1, 0.15) is 5.70 Å². The lowest BCUT2D eigenvalue weighted by Crippen LogP contribution is -2.30. The standard InChI is InChI=1S/C17H18N2O6S/c1-10(16(20)21)15(17(22)23)18-26(24,25)14-9-5-6-11-12(14)7-4-8-13(11)19(2)3/h4-9,18H,1-3H3,(H,20,21)(H,22,23). The molecule has 0 saturated carbocycles. The minimum absolute atomic E-state index is 0.143. The lowest BCUT2D eigenvalue weighted by molar-refractivity contribution is -0.136. The number of anilines is 1. The Kier molecular flexibility index (Phi) is 5.22. The van der Waals surface area contributed by atoms with Crippen LogP contribution in [0.1, 0.15) is 6.92 Å². The van der Waals surface area contributed by atoms with Crippen LogP contribution in [-0.4, -0.2) is 44.7 Å². The summed E-state index contributed by atoms with van der Waals surface area (Å²) in [5.74, 6) is -3.21. The molecular formula is C17H18N2O6S. The maximum atomic E-state index is 12.8. The molecule has 0 unspecified atom stereocenters. The van der Waals surface area contributed by atoms with Crippen LogP contribution in [-0.2, 0) is 19.6 Å². The quantitative estimate of drug-likeness (QED) is 0.653. The Morgan fingerprint density at radius 1 is 0.962 bits per heavy atom. The Morgan fingerprint density at radius 3 is 2.08 bits per heavy atom. The molecule has 0 spiro atoms. The highest BCUT2D eigenvalue weighted by molar-refractivity contribution is 7.90. The summed E-state index contributed by atoms with van der Waals surface area (Å²) in [6.45, 7) is 1.02. The lowest BCUT2D eigenvalue weighted by Gasteiger charge is -2.17. The monoisotopic (exact) mass is 378 g/mol. The molecule has 0 amide bonds. The number of nitrogens with one attached hydrogen (secondary N) is 1. The molecule has 2 rings (SSSR count). The molecule has 0 bridgehead atoms. The summed E-state index contributed by atoms with van der Waals surface area (Å²) in [5, 5.41) is 19.2. The van der Waals surface area contributed by atoms with E-state index >= 15 is 0 Å². The molecule has 0 aliphatic carbocycles. The number of fused-ring (bicyclic) bond motifs is 1. The van der Waals surface area contributed by atoms with Gasteiger partial charge in [-0.15, -0.1) is 0 Å². The Labute approximate surface area is 150 Å². The van der Waals surface area contributed by atoms with Crippen LogP contribution in [0.4, 0.5) is 5.69 Å². The molecule has 138 valence electrons. The van der Waals surface area contributed by atoms with E-state index in [-0.39, 0.29) is 4.90 Å². The molecule has 0 aliphatic rings. The highest BCUT2D eigenvalue weighted by Gasteiger charge is 2.25. The van der Waals surface area contributed by atoms with Gasteiger partial charge in [0.15, 0.2) is 0 Å². The fraction of sp³-hybridized carbons (Fsp3) is 0.176. The van der Waals surface area contributed by atoms with Crippen molar-refractivity contribution in [3.63, 3.8) is 0 Å². The Morgan fingerprint density at radius 2 is 1.54 bits per heavy atom. The average Bonchev–Trinajstić information content (AvgIpc) is 2.57. The normalized spacial score (nSPS) is 12.4. The van der Waals surface area contributed by atoms with Crippen molar-refractivity contribution >= 4 is 38.4 Å². The van der Waals surface area contributed by atoms with Crippen molar-refractivity contribution in [2.45, 2.75) is 11.8 Å². The fourth-order valence-corrected chi connectivity index (χ4v) is 3.81. The van der Waals surface area contributed by atoms with Gasteiger partial charge in [0.2, 0.25) is 0 Å². The zero-order valence-electron chi connectivity index (χ0n) is 14.3. The summed E-state index contributed by atoms with van der Waals surface area (Å²) < 4.78 is 27.4. The second-order valence-electron chi connectivity index (χ2n) is 5.74. The second-order valence-corrected chi connectivity index (χ2v) is 7.39. The summed E-state index contributed by atoms with van der Waals surface area (Å²) in [6.07, 6.45) is 0. The van der Waals surface area contributed by atoms with Crippen molar-refractivity contribution < 1.29 is 28.2 Å². The number of carbonyl (C=O) groups is 2. The van der Waals surface area contributed by atoms with E-state index in [4.69, 9.17) is 5.11 Å². The van der Waals surface area contributed by atoms with Crippen LogP contribution in [0.2, 0.25) is 0 Å². The number of carboxylic acid groups (broad SMARTS) is 2. The number of carboxylic acids is 2. The van der Waals surface area contributed by atoms with E-state index in [0.717, 1.165) is 12.6 Å². The van der Waals surface area contributed by atoms with Crippen LogP contribution in [0.3, 0.4) is 0 Å². The van der Waals surface area contributed by atoms with Gasteiger partial charge in [0.25, 0.3) is 10.0 Å². The Hall–Kier alpha value is -3.07. The minimum Gasteiger partial charge on any atom is -0.478 e. The molecule has 2 aromatic rings. The molecule has 0 fully saturated rings. The molecule has 0 radical (unpaired) electrons. The third-order valence-electron chi connectivity index (χ3n) is 3.78. The number of hydrogen-bond acceptors (Lipinski definition) is 5. The number of sulfonamides is 1. The van der Waals surface area contributed by atoms with E-state index in [0.29, 0.717) is 10.8 Å². The summed E-state index contributed by atoms with van der Waals surface area (Å²) >= 11 is 0. The average molecular weight is 378 g/mol. The predicted molar refractivity (Wildman–Crippen MR) is 96.6 cm³/mol. The van der Waals surface area contributed by atoms with Crippen LogP contribution in [0.15, 0.2) is 52.6 Å². The smallest absolute Gasteiger partial charge is 0.353 e. The first-order valence-corrected chi connectivity index (χ1v) is 8.94. The topological polar surface area (TPSA) is 124 Å². The van der Waals surface area contributed by atoms with Crippen molar-refractivity contribution in [3.05, 3.63) is 47.7 Å². The van der Waals surface area contributed by atoms with Gasteiger partial charge in [0.05, 0.1) is 10.5 Å². The molecule has 0 aliphatic heterocycles. The van der Waals surface area contributed by atoms with Crippen molar-refractivity contribution in [2.24, 2.45) is 0 Å². The van der Waals surface area contributed by atoms with Crippen molar-refractivity contribution in [1.82, 2.24) is 4.72 Å². The van der Waals surface area contributed by atoms with Gasteiger partial charge in [-0.3, -0.25) is 4.72 Å². The minimum atomic E-state index is -4.32. The van der Waals surface area contributed by atoms with Gasteiger partial charge in [-0.1, -0.05) is 24.3 Å². The zero-order valence-corrected chi connectivity index (χ0v) is 15.2. The first kappa shape index (κ1) is 19.3. The van der Waals surface area contributed by atoms with Crippen LogP contribution in [0.5, 0.6) is 0 Å². The van der Waals surface area contributed by atoms with Gasteiger partial charge >= 0.3 is 11.9 Å². The summed E-state index contributed by atoms with van der Waals surface area (Å²) in [7, 11) is -0.692. The van der Waals surface area contributed by atoms with E-state index in [9.17, 15) is 23.1 Å². The highest BCUT2D eigenvalue weighted by Crippen LogP contribution is 2.30. The van der Waals surface area contributed by atoms with Crippen LogP contribution in [0, 0.1) is 0 Å². The van der Waals surface area contributed by atoms with Gasteiger partial charge in [-0.2, -0.15) is 0 Å². The number of aliphatic carboxylic acids is 2. The molecule has 0 saturated heterocycles. The van der Waals surface area contributed by atoms with Gasteiger partial charge < -0.3 is 15.1 Å². The number of hydrogen-bond donors (Lipinski definition) is 3. The predicted octanol–water partition coefficient (Wildman–Crippen LogP) is 1.63. The van der Waals surface area contributed by atoms with Gasteiger partial charge in [-0.25, -0.2) is 18.0 Å². The van der Waals surface area contributed by atoms with Crippen LogP contribution >= 0.6 is 0 Å². The van der Waals surface area contributed by atoms with Gasteiger partial charge in [-0.05, 0) is 19.1 Å². The van der Waals surface area contributed by atoms with E-state index < -0.39 is 33.2 Å². The third-order valence-corrected chi connectivity index (χ3v) is 5.18. The second kappa shape index (κ2) is 7.04. The first-order valence-electron chi connectivity index (χ1n) is 7.45. The van der Waals surface area contributed by atoms with E-state index in [1.165, 1.54) is 12.1 Å². The molecular weight excluding hydrogens is 360 g/mol. The molecule has 9 heteroatoms. The van der Waals surface area contributed by atoms with Gasteiger partial charge in [0, 0.05) is 30.6 Å².